The van der Waals surface area contributed by atoms with Crippen molar-refractivity contribution in [2.75, 3.05) is 5.32 Å². The minimum Gasteiger partial charge on any atom is -0.320 e. The zero-order chi connectivity index (χ0) is 15.6. The van der Waals surface area contributed by atoms with E-state index in [1.807, 2.05) is 36.4 Å². The first-order valence-corrected chi connectivity index (χ1v) is 7.17. The molecule has 0 saturated carbocycles. The van der Waals surface area contributed by atoms with Crippen LogP contribution < -0.4 is 5.32 Å². The second-order valence-corrected chi connectivity index (χ2v) is 5.09. The number of amides is 1. The number of carbonyl (C=O) groups excluding carboxylic acids is 1. The highest BCUT2D eigenvalue weighted by Gasteiger charge is 2.11. The summed E-state index contributed by atoms with van der Waals surface area (Å²) < 4.78 is 0. The summed E-state index contributed by atoms with van der Waals surface area (Å²) in [4.78, 5) is 24.7. The van der Waals surface area contributed by atoms with Crippen LogP contribution in [0.1, 0.15) is 10.5 Å². The van der Waals surface area contributed by atoms with Crippen molar-refractivity contribution in [3.63, 3.8) is 0 Å². The smallest absolute Gasteiger partial charge is 0.275 e. The number of benzene rings is 2. The van der Waals surface area contributed by atoms with Crippen LogP contribution in [-0.2, 0) is 0 Å². The molecule has 0 radical (unpaired) electrons. The van der Waals surface area contributed by atoms with Crippen molar-refractivity contribution in [1.29, 1.82) is 0 Å². The molecule has 23 heavy (non-hydrogen) atoms. The second kappa shape index (κ2) is 5.46. The van der Waals surface area contributed by atoms with Gasteiger partial charge in [-0.15, -0.1) is 0 Å². The van der Waals surface area contributed by atoms with Gasteiger partial charge in [-0.3, -0.25) is 14.8 Å². The van der Waals surface area contributed by atoms with Gasteiger partial charge in [-0.1, -0.05) is 36.4 Å². The van der Waals surface area contributed by atoms with E-state index in [1.54, 1.807) is 12.3 Å². The fraction of sp³-hybridized carbons (Fsp3) is 0. The summed E-state index contributed by atoms with van der Waals surface area (Å²) in [5.74, 6) is -0.293. The fourth-order valence-corrected chi connectivity index (χ4v) is 2.60. The molecular formula is C18H12N4O. The molecule has 1 N–H and O–H groups in total. The molecule has 2 aromatic heterocycles. The second-order valence-electron chi connectivity index (χ2n) is 5.09. The number of hydrogen-bond acceptors (Lipinski definition) is 4. The van der Waals surface area contributed by atoms with Gasteiger partial charge in [0, 0.05) is 29.4 Å². The van der Waals surface area contributed by atoms with E-state index in [4.69, 9.17) is 0 Å². The molecule has 0 atom stereocenters. The van der Waals surface area contributed by atoms with E-state index in [9.17, 15) is 4.79 Å². The first kappa shape index (κ1) is 13.3. The molecule has 0 unspecified atom stereocenters. The van der Waals surface area contributed by atoms with Gasteiger partial charge in [-0.05, 0) is 11.5 Å². The van der Waals surface area contributed by atoms with Crippen molar-refractivity contribution < 1.29 is 4.79 Å². The lowest BCUT2D eigenvalue weighted by Gasteiger charge is -2.09. The standard InChI is InChI=1S/C18H12N4O/c23-18(16-11-19-9-10-20-16)22-15-7-8-21-17-13-4-2-1-3-12(13)5-6-14(15)17/h1-11H,(H,21,22,23). The van der Waals surface area contributed by atoms with E-state index >= 15 is 0 Å². The Labute approximate surface area is 132 Å². The summed E-state index contributed by atoms with van der Waals surface area (Å²) in [6.07, 6.45) is 6.16. The molecule has 0 fully saturated rings. The number of aromatic nitrogens is 3. The fourth-order valence-electron chi connectivity index (χ4n) is 2.60. The zero-order valence-corrected chi connectivity index (χ0v) is 12.1. The third-order valence-corrected chi connectivity index (χ3v) is 3.68. The summed E-state index contributed by atoms with van der Waals surface area (Å²) in [5.41, 5.74) is 1.84. The lowest BCUT2D eigenvalue weighted by Crippen LogP contribution is -2.14. The molecule has 0 aliphatic carbocycles. The van der Waals surface area contributed by atoms with Crippen LogP contribution in [0, 0.1) is 0 Å². The number of nitrogens with one attached hydrogen (secondary N) is 1. The predicted octanol–water partition coefficient (Wildman–Crippen LogP) is 3.43. The van der Waals surface area contributed by atoms with Gasteiger partial charge in [0.15, 0.2) is 0 Å². The third-order valence-electron chi connectivity index (χ3n) is 3.68. The number of nitrogens with zero attached hydrogens (tertiary/aromatic N) is 3. The monoisotopic (exact) mass is 300 g/mol. The van der Waals surface area contributed by atoms with E-state index in [0.717, 1.165) is 21.7 Å². The molecule has 2 heterocycles. The highest BCUT2D eigenvalue weighted by atomic mass is 16.1. The molecule has 5 nitrogen and oxygen atoms in total. The van der Waals surface area contributed by atoms with Crippen molar-refractivity contribution in [1.82, 2.24) is 15.0 Å². The lowest BCUT2D eigenvalue weighted by molar-refractivity contribution is 0.102. The van der Waals surface area contributed by atoms with Crippen LogP contribution in [-0.4, -0.2) is 20.9 Å². The van der Waals surface area contributed by atoms with E-state index in [-0.39, 0.29) is 11.6 Å². The lowest BCUT2D eigenvalue weighted by atomic mass is 10.1. The Morgan fingerprint density at radius 2 is 1.78 bits per heavy atom. The first-order valence-electron chi connectivity index (χ1n) is 7.17. The van der Waals surface area contributed by atoms with Crippen LogP contribution in [0.4, 0.5) is 5.69 Å². The van der Waals surface area contributed by atoms with Crippen LogP contribution in [0.15, 0.2) is 67.3 Å². The van der Waals surface area contributed by atoms with Gasteiger partial charge in [0.05, 0.1) is 17.4 Å². The van der Waals surface area contributed by atoms with E-state index in [2.05, 4.69) is 20.3 Å². The summed E-state index contributed by atoms with van der Waals surface area (Å²) in [5, 5.41) is 5.95. The SMILES string of the molecule is O=C(Nc1ccnc2c1ccc1ccccc12)c1cnccn1. The maximum Gasteiger partial charge on any atom is 0.275 e. The summed E-state index contributed by atoms with van der Waals surface area (Å²) >= 11 is 0. The Bertz CT molecular complexity index is 1020. The van der Waals surface area contributed by atoms with Crippen LogP contribution in [0.25, 0.3) is 21.7 Å². The van der Waals surface area contributed by atoms with Crippen LogP contribution >= 0.6 is 0 Å². The van der Waals surface area contributed by atoms with Gasteiger partial charge in [-0.25, -0.2) is 4.98 Å². The maximum absolute atomic E-state index is 12.3. The maximum atomic E-state index is 12.3. The van der Waals surface area contributed by atoms with Gasteiger partial charge < -0.3 is 5.32 Å². The van der Waals surface area contributed by atoms with E-state index in [0.29, 0.717) is 5.69 Å². The minimum atomic E-state index is -0.293. The van der Waals surface area contributed by atoms with Crippen molar-refractivity contribution in [2.45, 2.75) is 0 Å². The van der Waals surface area contributed by atoms with Crippen molar-refractivity contribution in [3.05, 3.63) is 72.9 Å². The molecule has 0 aliphatic heterocycles. The number of carbonyl (C=O) groups is 1. The van der Waals surface area contributed by atoms with Gasteiger partial charge in [0.25, 0.3) is 5.91 Å². The van der Waals surface area contributed by atoms with Gasteiger partial charge in [-0.2, -0.15) is 0 Å². The number of anilines is 1. The molecule has 5 heteroatoms. The predicted molar refractivity (Wildman–Crippen MR) is 89.2 cm³/mol. The molecule has 0 spiro atoms. The molecule has 2 aromatic carbocycles. The molecule has 4 rings (SSSR count). The third kappa shape index (κ3) is 2.38. The van der Waals surface area contributed by atoms with Gasteiger partial charge in [0.1, 0.15) is 5.69 Å². The Morgan fingerprint density at radius 3 is 2.65 bits per heavy atom. The number of hydrogen-bond donors (Lipinski definition) is 1. The average Bonchev–Trinajstić information content (AvgIpc) is 2.62. The minimum absolute atomic E-state index is 0.276. The highest BCUT2D eigenvalue weighted by Crippen LogP contribution is 2.28. The van der Waals surface area contributed by atoms with Crippen molar-refractivity contribution in [3.8, 4) is 0 Å². The van der Waals surface area contributed by atoms with Gasteiger partial charge in [0.2, 0.25) is 0 Å². The molecule has 110 valence electrons. The quantitative estimate of drug-likeness (QED) is 0.576. The van der Waals surface area contributed by atoms with E-state index in [1.165, 1.54) is 18.6 Å². The van der Waals surface area contributed by atoms with E-state index < -0.39 is 0 Å². The highest BCUT2D eigenvalue weighted by molar-refractivity contribution is 6.13. The Hall–Kier alpha value is -3.34. The first-order chi connectivity index (χ1) is 11.3. The average molecular weight is 300 g/mol. The summed E-state index contributed by atoms with van der Waals surface area (Å²) in [6, 6.07) is 13.8. The molecule has 1 amide bonds. The number of fused-ring (bicyclic) bond motifs is 3. The van der Waals surface area contributed by atoms with Crippen molar-refractivity contribution in [2.24, 2.45) is 0 Å². The molecule has 0 aliphatic rings. The topological polar surface area (TPSA) is 67.8 Å². The molecular weight excluding hydrogens is 288 g/mol. The molecule has 0 bridgehead atoms. The summed E-state index contributed by atoms with van der Waals surface area (Å²) in [6.45, 7) is 0. The normalized spacial score (nSPS) is 10.8. The van der Waals surface area contributed by atoms with Gasteiger partial charge >= 0.3 is 0 Å². The summed E-state index contributed by atoms with van der Waals surface area (Å²) in [7, 11) is 0. The Morgan fingerprint density at radius 1 is 0.870 bits per heavy atom. The van der Waals surface area contributed by atoms with Crippen LogP contribution in [0.5, 0.6) is 0 Å². The van der Waals surface area contributed by atoms with Crippen LogP contribution in [0.2, 0.25) is 0 Å². The zero-order valence-electron chi connectivity index (χ0n) is 12.1. The molecule has 0 saturated heterocycles. The Kier molecular flexibility index (Phi) is 3.16. The molecule has 4 aromatic rings. The van der Waals surface area contributed by atoms with Crippen LogP contribution in [0.3, 0.4) is 0 Å². The Balaban J connectivity index is 1.82. The number of rotatable bonds is 2. The van der Waals surface area contributed by atoms with Crippen molar-refractivity contribution >= 4 is 33.3 Å². The largest absolute Gasteiger partial charge is 0.320 e. The number of pyridine rings is 1.